The highest BCUT2D eigenvalue weighted by Crippen LogP contribution is 2.15. The van der Waals surface area contributed by atoms with Crippen molar-refractivity contribution >= 4 is 17.7 Å². The van der Waals surface area contributed by atoms with Crippen LogP contribution in [0.25, 0.3) is 0 Å². The van der Waals surface area contributed by atoms with E-state index in [9.17, 15) is 9.90 Å². The van der Waals surface area contributed by atoms with Gasteiger partial charge < -0.3 is 10.4 Å². The molecule has 0 aromatic heterocycles. The first-order valence-corrected chi connectivity index (χ1v) is 7.58. The van der Waals surface area contributed by atoms with Gasteiger partial charge in [0.05, 0.1) is 5.92 Å². The van der Waals surface area contributed by atoms with Crippen molar-refractivity contribution in [1.29, 1.82) is 0 Å². The first kappa shape index (κ1) is 15.1. The van der Waals surface area contributed by atoms with Gasteiger partial charge in [0.25, 0.3) is 0 Å². The molecule has 0 fully saturated rings. The Morgan fingerprint density at radius 3 is 2.56 bits per heavy atom. The van der Waals surface area contributed by atoms with E-state index < -0.39 is 11.9 Å². The second kappa shape index (κ2) is 8.16. The van der Waals surface area contributed by atoms with E-state index in [1.165, 1.54) is 0 Å². The van der Waals surface area contributed by atoms with E-state index >= 15 is 0 Å². The van der Waals surface area contributed by atoms with Crippen molar-refractivity contribution in [2.24, 2.45) is 0 Å². The van der Waals surface area contributed by atoms with Crippen LogP contribution in [-0.4, -0.2) is 35.7 Å². The lowest BCUT2D eigenvalue weighted by atomic mass is 9.99. The number of carboxylic acids is 1. The number of thioether (sulfide) groups is 1. The summed E-state index contributed by atoms with van der Waals surface area (Å²) in [6, 6.07) is 9.78. The fourth-order valence-corrected chi connectivity index (χ4v) is 2.60. The third kappa shape index (κ3) is 4.70. The van der Waals surface area contributed by atoms with Gasteiger partial charge >= 0.3 is 5.97 Å². The van der Waals surface area contributed by atoms with Gasteiger partial charge in [0, 0.05) is 18.3 Å². The van der Waals surface area contributed by atoms with Crippen molar-refractivity contribution in [1.82, 2.24) is 5.32 Å². The van der Waals surface area contributed by atoms with E-state index in [1.807, 2.05) is 30.3 Å². The quantitative estimate of drug-likeness (QED) is 0.760. The fraction of sp³-hybridized carbons (Fsp3) is 0.500. The van der Waals surface area contributed by atoms with Crippen LogP contribution in [0, 0.1) is 0 Å². The Morgan fingerprint density at radius 2 is 2.06 bits per heavy atom. The van der Waals surface area contributed by atoms with E-state index in [0.29, 0.717) is 12.6 Å². The number of rotatable bonds is 8. The Kier molecular flexibility index (Phi) is 6.83. The Labute approximate surface area is 113 Å². The molecule has 0 bridgehead atoms. The molecule has 18 heavy (non-hydrogen) atoms. The lowest BCUT2D eigenvalue weighted by molar-refractivity contribution is -0.138. The molecule has 2 atom stereocenters. The van der Waals surface area contributed by atoms with Crippen molar-refractivity contribution in [2.45, 2.75) is 25.3 Å². The van der Waals surface area contributed by atoms with Crippen molar-refractivity contribution in [3.63, 3.8) is 0 Å². The number of benzene rings is 1. The molecule has 1 aromatic carbocycles. The summed E-state index contributed by atoms with van der Waals surface area (Å²) in [6.45, 7) is 2.60. The van der Waals surface area contributed by atoms with E-state index in [-0.39, 0.29) is 0 Å². The Hall–Kier alpha value is -1.00. The smallest absolute Gasteiger partial charge is 0.312 e. The highest BCUT2D eigenvalue weighted by atomic mass is 32.2. The van der Waals surface area contributed by atoms with E-state index in [4.69, 9.17) is 0 Å². The molecule has 0 saturated heterocycles. The van der Waals surface area contributed by atoms with Gasteiger partial charge in [0.1, 0.15) is 0 Å². The molecular formula is C14H21NO2S. The van der Waals surface area contributed by atoms with E-state index in [1.54, 1.807) is 11.8 Å². The third-order valence-corrected chi connectivity index (χ3v) is 3.71. The molecule has 4 heteroatoms. The molecule has 100 valence electrons. The Balaban J connectivity index is 2.62. The maximum atomic E-state index is 11.3. The largest absolute Gasteiger partial charge is 0.481 e. The monoisotopic (exact) mass is 267 g/mol. The molecule has 1 rings (SSSR count). The maximum Gasteiger partial charge on any atom is 0.312 e. The molecule has 1 aromatic rings. The van der Waals surface area contributed by atoms with Crippen LogP contribution in [0.5, 0.6) is 0 Å². The van der Waals surface area contributed by atoms with Crippen LogP contribution < -0.4 is 5.32 Å². The van der Waals surface area contributed by atoms with Gasteiger partial charge in [-0.1, -0.05) is 37.3 Å². The summed E-state index contributed by atoms with van der Waals surface area (Å²) < 4.78 is 0. The molecule has 0 aliphatic carbocycles. The minimum atomic E-state index is -0.771. The van der Waals surface area contributed by atoms with Crippen LogP contribution in [0.2, 0.25) is 0 Å². The maximum absolute atomic E-state index is 11.3. The molecule has 0 spiro atoms. The van der Waals surface area contributed by atoms with Gasteiger partial charge in [0.15, 0.2) is 0 Å². The van der Waals surface area contributed by atoms with E-state index in [2.05, 4.69) is 18.5 Å². The summed E-state index contributed by atoms with van der Waals surface area (Å²) in [5, 5.41) is 12.6. The molecule has 0 radical (unpaired) electrons. The van der Waals surface area contributed by atoms with Gasteiger partial charge in [-0.15, -0.1) is 0 Å². The average Bonchev–Trinajstić information content (AvgIpc) is 2.38. The predicted octanol–water partition coefficient (Wildman–Crippen LogP) is 2.59. The third-order valence-electron chi connectivity index (χ3n) is 2.97. The van der Waals surface area contributed by atoms with Gasteiger partial charge in [-0.3, -0.25) is 4.79 Å². The molecule has 0 amide bonds. The zero-order valence-corrected chi connectivity index (χ0v) is 11.7. The van der Waals surface area contributed by atoms with Crippen LogP contribution in [0.15, 0.2) is 30.3 Å². The molecule has 0 aliphatic rings. The van der Waals surface area contributed by atoms with Crippen molar-refractivity contribution in [3.05, 3.63) is 35.9 Å². The molecule has 0 saturated carbocycles. The van der Waals surface area contributed by atoms with Gasteiger partial charge in [-0.25, -0.2) is 0 Å². The lowest BCUT2D eigenvalue weighted by Crippen LogP contribution is -2.36. The zero-order valence-electron chi connectivity index (χ0n) is 10.9. The van der Waals surface area contributed by atoms with Crippen LogP contribution in [0.4, 0.5) is 0 Å². The Morgan fingerprint density at radius 1 is 1.39 bits per heavy atom. The standard InChI is InChI=1S/C14H21NO2S/c1-3-12(10-18-2)15-9-13(14(16)17)11-7-5-4-6-8-11/h4-8,12-13,15H,3,9-10H2,1-2H3,(H,16,17). The fourth-order valence-electron chi connectivity index (χ4n) is 1.84. The summed E-state index contributed by atoms with van der Waals surface area (Å²) in [6.07, 6.45) is 3.08. The second-order valence-corrected chi connectivity index (χ2v) is 5.18. The minimum Gasteiger partial charge on any atom is -0.481 e. The van der Waals surface area contributed by atoms with E-state index in [0.717, 1.165) is 17.7 Å². The molecule has 3 nitrogen and oxygen atoms in total. The van der Waals surface area contributed by atoms with Crippen LogP contribution in [0.1, 0.15) is 24.8 Å². The van der Waals surface area contributed by atoms with Crippen molar-refractivity contribution < 1.29 is 9.90 Å². The lowest BCUT2D eigenvalue weighted by Gasteiger charge is -2.19. The normalized spacial score (nSPS) is 14.1. The predicted molar refractivity (Wildman–Crippen MR) is 77.3 cm³/mol. The second-order valence-electron chi connectivity index (χ2n) is 4.27. The van der Waals surface area contributed by atoms with Gasteiger partial charge in [0.2, 0.25) is 0 Å². The molecule has 2 N–H and O–H groups in total. The molecule has 0 heterocycles. The first-order chi connectivity index (χ1) is 8.69. The molecular weight excluding hydrogens is 246 g/mol. The summed E-state index contributed by atoms with van der Waals surface area (Å²) in [7, 11) is 0. The summed E-state index contributed by atoms with van der Waals surface area (Å²) in [5.41, 5.74) is 0.858. The average molecular weight is 267 g/mol. The van der Waals surface area contributed by atoms with Crippen molar-refractivity contribution in [2.75, 3.05) is 18.6 Å². The van der Waals surface area contributed by atoms with Crippen LogP contribution in [-0.2, 0) is 4.79 Å². The molecule has 0 aliphatic heterocycles. The van der Waals surface area contributed by atoms with Crippen molar-refractivity contribution in [3.8, 4) is 0 Å². The SMILES string of the molecule is CCC(CSC)NCC(C(=O)O)c1ccccc1. The first-order valence-electron chi connectivity index (χ1n) is 6.19. The van der Waals surface area contributed by atoms with Crippen LogP contribution >= 0.6 is 11.8 Å². The number of hydrogen-bond acceptors (Lipinski definition) is 3. The summed E-state index contributed by atoms with van der Waals surface area (Å²) in [4.78, 5) is 11.3. The number of aliphatic carboxylic acids is 1. The Bertz CT molecular complexity index is 356. The minimum absolute atomic E-state index is 0.380. The van der Waals surface area contributed by atoms with Crippen LogP contribution in [0.3, 0.4) is 0 Å². The number of hydrogen-bond donors (Lipinski definition) is 2. The number of nitrogens with one attached hydrogen (secondary N) is 1. The number of carboxylic acid groups (broad SMARTS) is 1. The van der Waals surface area contributed by atoms with Gasteiger partial charge in [-0.2, -0.15) is 11.8 Å². The molecule has 2 unspecified atom stereocenters. The summed E-state index contributed by atoms with van der Waals surface area (Å²) in [5.74, 6) is -0.229. The zero-order chi connectivity index (χ0) is 13.4. The highest BCUT2D eigenvalue weighted by molar-refractivity contribution is 7.98. The summed E-state index contributed by atoms with van der Waals surface area (Å²) >= 11 is 1.78. The highest BCUT2D eigenvalue weighted by Gasteiger charge is 2.20. The topological polar surface area (TPSA) is 49.3 Å². The number of carbonyl (C=O) groups is 1. The van der Waals surface area contributed by atoms with Gasteiger partial charge in [-0.05, 0) is 18.2 Å².